The van der Waals surface area contributed by atoms with Crippen LogP contribution in [0.15, 0.2) is 59.5 Å². The van der Waals surface area contributed by atoms with Gasteiger partial charge in [0.05, 0.1) is 18.2 Å². The second-order valence-corrected chi connectivity index (χ2v) is 9.68. The van der Waals surface area contributed by atoms with Crippen LogP contribution in [0.5, 0.6) is 0 Å². The van der Waals surface area contributed by atoms with Crippen LogP contribution in [0.1, 0.15) is 12.5 Å². The zero-order chi connectivity index (χ0) is 23.8. The van der Waals surface area contributed by atoms with Crippen molar-refractivity contribution in [1.29, 1.82) is 0 Å². The topological polar surface area (TPSA) is 96.0 Å². The van der Waals surface area contributed by atoms with Crippen LogP contribution in [-0.2, 0) is 24.3 Å². The first-order valence-electron chi connectivity index (χ1n) is 10.5. The Balaban J connectivity index is 1.48. The van der Waals surface area contributed by atoms with Gasteiger partial charge >= 0.3 is 5.97 Å². The lowest BCUT2D eigenvalue weighted by Crippen LogP contribution is -2.50. The number of ether oxygens (including phenoxy) is 1. The SMILES string of the molecule is CCOC(=O)/C=C/c1ccc(NC(=O)CN2CCN(S(=O)(=O)c3ccccc3Cl)CC2)cc1. The van der Waals surface area contributed by atoms with E-state index in [1.807, 2.05) is 4.90 Å². The van der Waals surface area contributed by atoms with Gasteiger partial charge in [-0.1, -0.05) is 35.9 Å². The van der Waals surface area contributed by atoms with Crippen molar-refractivity contribution in [3.63, 3.8) is 0 Å². The summed E-state index contributed by atoms with van der Waals surface area (Å²) in [6.45, 7) is 3.66. The van der Waals surface area contributed by atoms with Gasteiger partial charge in [-0.25, -0.2) is 13.2 Å². The van der Waals surface area contributed by atoms with E-state index in [1.54, 1.807) is 55.5 Å². The molecule has 0 aromatic heterocycles. The predicted octanol–water partition coefficient (Wildman–Crippen LogP) is 2.86. The Labute approximate surface area is 198 Å². The maximum Gasteiger partial charge on any atom is 0.330 e. The molecule has 0 bridgehead atoms. The summed E-state index contributed by atoms with van der Waals surface area (Å²) in [4.78, 5) is 25.8. The van der Waals surface area contributed by atoms with Crippen molar-refractivity contribution >= 4 is 45.3 Å². The maximum absolute atomic E-state index is 12.8. The molecule has 0 radical (unpaired) electrons. The third-order valence-electron chi connectivity index (χ3n) is 5.05. The Hall–Kier alpha value is -2.72. The van der Waals surface area contributed by atoms with Gasteiger partial charge in [0.25, 0.3) is 0 Å². The summed E-state index contributed by atoms with van der Waals surface area (Å²) in [6.07, 6.45) is 2.99. The molecule has 8 nitrogen and oxygen atoms in total. The number of amides is 1. The zero-order valence-corrected chi connectivity index (χ0v) is 19.8. The lowest BCUT2D eigenvalue weighted by molar-refractivity contribution is -0.137. The molecule has 0 atom stereocenters. The van der Waals surface area contributed by atoms with Crippen molar-refractivity contribution < 1.29 is 22.7 Å². The van der Waals surface area contributed by atoms with E-state index in [4.69, 9.17) is 16.3 Å². The van der Waals surface area contributed by atoms with E-state index in [2.05, 4.69) is 5.32 Å². The smallest absolute Gasteiger partial charge is 0.330 e. The van der Waals surface area contributed by atoms with E-state index in [0.717, 1.165) is 5.56 Å². The van der Waals surface area contributed by atoms with Crippen LogP contribution < -0.4 is 5.32 Å². The molecule has 0 aliphatic carbocycles. The fourth-order valence-corrected chi connectivity index (χ4v) is 5.27. The number of rotatable bonds is 8. The molecule has 33 heavy (non-hydrogen) atoms. The number of benzene rings is 2. The monoisotopic (exact) mass is 491 g/mol. The van der Waals surface area contributed by atoms with E-state index in [1.165, 1.54) is 16.4 Å². The number of hydrogen-bond acceptors (Lipinski definition) is 6. The van der Waals surface area contributed by atoms with Crippen LogP contribution in [0.4, 0.5) is 5.69 Å². The number of nitrogens with zero attached hydrogens (tertiary/aromatic N) is 2. The molecule has 10 heteroatoms. The van der Waals surface area contributed by atoms with Gasteiger partial charge in [-0.15, -0.1) is 0 Å². The molecule has 1 saturated heterocycles. The van der Waals surface area contributed by atoms with Crippen molar-refractivity contribution in [1.82, 2.24) is 9.21 Å². The van der Waals surface area contributed by atoms with E-state index >= 15 is 0 Å². The largest absolute Gasteiger partial charge is 0.463 e. The molecule has 176 valence electrons. The molecule has 1 aliphatic rings. The van der Waals surface area contributed by atoms with Gasteiger partial charge in [-0.05, 0) is 42.8 Å². The highest BCUT2D eigenvalue weighted by molar-refractivity contribution is 7.89. The van der Waals surface area contributed by atoms with Crippen molar-refractivity contribution in [2.24, 2.45) is 0 Å². The fraction of sp³-hybridized carbons (Fsp3) is 0.304. The number of anilines is 1. The lowest BCUT2D eigenvalue weighted by Gasteiger charge is -2.33. The van der Waals surface area contributed by atoms with E-state index < -0.39 is 16.0 Å². The van der Waals surface area contributed by atoms with E-state index in [9.17, 15) is 18.0 Å². The number of piperazine rings is 1. The first-order valence-corrected chi connectivity index (χ1v) is 12.3. The highest BCUT2D eigenvalue weighted by atomic mass is 35.5. The Kier molecular flexibility index (Phi) is 8.62. The third kappa shape index (κ3) is 6.88. The zero-order valence-electron chi connectivity index (χ0n) is 18.2. The van der Waals surface area contributed by atoms with Gasteiger partial charge in [-0.3, -0.25) is 9.69 Å². The third-order valence-corrected chi connectivity index (χ3v) is 7.44. The normalized spacial score (nSPS) is 15.5. The molecule has 1 aliphatic heterocycles. The summed E-state index contributed by atoms with van der Waals surface area (Å²) < 4.78 is 31.9. The van der Waals surface area contributed by atoms with Crippen molar-refractivity contribution in [3.8, 4) is 0 Å². The Morgan fingerprint density at radius 2 is 1.73 bits per heavy atom. The molecule has 0 unspecified atom stereocenters. The molecule has 0 saturated carbocycles. The van der Waals surface area contributed by atoms with Gasteiger partial charge in [0.1, 0.15) is 4.90 Å². The number of esters is 1. The van der Waals surface area contributed by atoms with Crippen LogP contribution in [0.2, 0.25) is 5.02 Å². The van der Waals surface area contributed by atoms with Crippen molar-refractivity contribution in [2.45, 2.75) is 11.8 Å². The first kappa shape index (κ1) is 24.9. The van der Waals surface area contributed by atoms with E-state index in [0.29, 0.717) is 25.4 Å². The van der Waals surface area contributed by atoms with Crippen molar-refractivity contribution in [3.05, 3.63) is 65.2 Å². The fourth-order valence-electron chi connectivity index (χ4n) is 3.36. The number of carbonyl (C=O) groups excluding carboxylic acids is 2. The summed E-state index contributed by atoms with van der Waals surface area (Å²) in [7, 11) is -3.67. The van der Waals surface area contributed by atoms with Crippen LogP contribution in [0, 0.1) is 0 Å². The van der Waals surface area contributed by atoms with E-state index in [-0.39, 0.29) is 35.5 Å². The summed E-state index contributed by atoms with van der Waals surface area (Å²) in [5, 5.41) is 3.03. The summed E-state index contributed by atoms with van der Waals surface area (Å²) in [6, 6.07) is 13.4. The average Bonchev–Trinajstić information content (AvgIpc) is 2.79. The Morgan fingerprint density at radius 3 is 2.36 bits per heavy atom. The molecule has 1 N–H and O–H groups in total. The Morgan fingerprint density at radius 1 is 1.06 bits per heavy atom. The molecule has 1 fully saturated rings. The number of halogens is 1. The second kappa shape index (κ2) is 11.4. The number of sulfonamides is 1. The predicted molar refractivity (Wildman–Crippen MR) is 127 cm³/mol. The lowest BCUT2D eigenvalue weighted by atomic mass is 10.2. The van der Waals surface area contributed by atoms with Crippen LogP contribution in [0.25, 0.3) is 6.08 Å². The van der Waals surface area contributed by atoms with Crippen LogP contribution >= 0.6 is 11.6 Å². The van der Waals surface area contributed by atoms with Gasteiger partial charge in [0.15, 0.2) is 0 Å². The van der Waals surface area contributed by atoms with Gasteiger partial charge in [0.2, 0.25) is 15.9 Å². The summed E-state index contributed by atoms with van der Waals surface area (Å²) in [5.41, 5.74) is 1.44. The molecule has 2 aromatic rings. The van der Waals surface area contributed by atoms with Crippen LogP contribution in [0.3, 0.4) is 0 Å². The molecular formula is C23H26ClN3O5S. The second-order valence-electron chi connectivity index (χ2n) is 7.37. The van der Waals surface area contributed by atoms with Gasteiger partial charge < -0.3 is 10.1 Å². The molecule has 2 aromatic carbocycles. The highest BCUT2D eigenvalue weighted by Crippen LogP contribution is 2.25. The number of hydrogen-bond donors (Lipinski definition) is 1. The Bertz CT molecular complexity index is 1110. The summed E-state index contributed by atoms with van der Waals surface area (Å²) >= 11 is 6.06. The molecular weight excluding hydrogens is 466 g/mol. The minimum Gasteiger partial charge on any atom is -0.463 e. The molecule has 0 spiro atoms. The van der Waals surface area contributed by atoms with Crippen LogP contribution in [-0.4, -0.2) is 68.8 Å². The molecule has 3 rings (SSSR count). The first-order chi connectivity index (χ1) is 15.8. The summed E-state index contributed by atoms with van der Waals surface area (Å²) in [5.74, 6) is -0.595. The van der Waals surface area contributed by atoms with Gasteiger partial charge in [0, 0.05) is 37.9 Å². The minimum absolute atomic E-state index is 0.0957. The molecule has 1 amide bonds. The molecule has 1 heterocycles. The highest BCUT2D eigenvalue weighted by Gasteiger charge is 2.30. The maximum atomic E-state index is 12.8. The van der Waals surface area contributed by atoms with Gasteiger partial charge in [-0.2, -0.15) is 4.31 Å². The number of nitrogens with one attached hydrogen (secondary N) is 1. The number of carbonyl (C=O) groups is 2. The minimum atomic E-state index is -3.67. The van der Waals surface area contributed by atoms with Crippen molar-refractivity contribution in [2.75, 3.05) is 44.6 Å². The standard InChI is InChI=1S/C23H26ClN3O5S/c1-2-32-23(29)12-9-18-7-10-19(11-8-18)25-22(28)17-26-13-15-27(16-14-26)33(30,31)21-6-4-3-5-20(21)24/h3-12H,2,13-17H2,1H3,(H,25,28)/b12-9+. The quantitative estimate of drug-likeness (QED) is 0.450. The average molecular weight is 492 g/mol.